The van der Waals surface area contributed by atoms with Crippen molar-refractivity contribution in [2.75, 3.05) is 43.4 Å². The van der Waals surface area contributed by atoms with Gasteiger partial charge in [0.05, 0.1) is 29.6 Å². The van der Waals surface area contributed by atoms with Crippen molar-refractivity contribution < 1.29 is 18.0 Å². The fourth-order valence-electron chi connectivity index (χ4n) is 6.06. The molecule has 42 heavy (non-hydrogen) atoms. The third kappa shape index (κ3) is 5.06. The van der Waals surface area contributed by atoms with Crippen molar-refractivity contribution in [2.24, 2.45) is 11.8 Å². The van der Waals surface area contributed by atoms with Crippen LogP contribution in [-0.4, -0.2) is 79.3 Å². The molecule has 14 heteroatoms. The van der Waals surface area contributed by atoms with Crippen molar-refractivity contribution in [1.82, 2.24) is 34.0 Å². The molecule has 0 spiro atoms. The van der Waals surface area contributed by atoms with Crippen molar-refractivity contribution in [3.8, 4) is 16.5 Å². The fourth-order valence-corrected chi connectivity index (χ4v) is 6.81. The number of alkyl halides is 3. The van der Waals surface area contributed by atoms with Gasteiger partial charge in [0.2, 0.25) is 0 Å². The minimum Gasteiger partial charge on any atom is -0.368 e. The van der Waals surface area contributed by atoms with Gasteiger partial charge in [-0.25, -0.2) is 19.9 Å². The summed E-state index contributed by atoms with van der Waals surface area (Å²) in [5.41, 5.74) is 3.06. The number of hydrogen-bond donors (Lipinski definition) is 1. The summed E-state index contributed by atoms with van der Waals surface area (Å²) in [6, 6.07) is 0.00612. The molecule has 3 aliphatic rings. The second-order valence-electron chi connectivity index (χ2n) is 11.6. The third-order valence-corrected chi connectivity index (χ3v) is 9.32. The molecule has 1 aliphatic carbocycles. The Kier molecular flexibility index (Phi) is 6.57. The molecular weight excluding hydrogens is 567 g/mol. The van der Waals surface area contributed by atoms with Crippen LogP contribution in [0, 0.1) is 11.8 Å². The van der Waals surface area contributed by atoms with Crippen LogP contribution in [0.1, 0.15) is 47.9 Å². The van der Waals surface area contributed by atoms with E-state index in [0.29, 0.717) is 17.8 Å². The van der Waals surface area contributed by atoms with Crippen LogP contribution in [0.25, 0.3) is 16.5 Å². The zero-order valence-electron chi connectivity index (χ0n) is 23.1. The Balaban J connectivity index is 1.14. The second-order valence-corrected chi connectivity index (χ2v) is 12.4. The lowest BCUT2D eigenvalue weighted by Gasteiger charge is -2.24. The number of nitrogens with zero attached hydrogens (tertiary/aromatic N) is 8. The number of thiazole rings is 1. The van der Waals surface area contributed by atoms with Crippen LogP contribution in [0.2, 0.25) is 0 Å². The number of anilines is 2. The maximum absolute atomic E-state index is 13.3. The molecule has 2 saturated heterocycles. The number of fused-ring (bicyclic) bond motifs is 1. The number of carbonyl (C=O) groups is 1. The lowest BCUT2D eigenvalue weighted by atomic mass is 10.0. The van der Waals surface area contributed by atoms with Gasteiger partial charge in [0.25, 0.3) is 5.91 Å². The predicted molar refractivity (Wildman–Crippen MR) is 152 cm³/mol. The first kappa shape index (κ1) is 27.1. The van der Waals surface area contributed by atoms with Crippen molar-refractivity contribution >= 4 is 28.7 Å². The van der Waals surface area contributed by atoms with Crippen molar-refractivity contribution in [1.29, 1.82) is 0 Å². The molecule has 0 radical (unpaired) electrons. The first-order valence-electron chi connectivity index (χ1n) is 14.0. The molecule has 7 rings (SSSR count). The summed E-state index contributed by atoms with van der Waals surface area (Å²) in [7, 11) is 2.16. The first-order chi connectivity index (χ1) is 20.1. The van der Waals surface area contributed by atoms with Crippen LogP contribution >= 0.6 is 11.3 Å². The first-order valence-corrected chi connectivity index (χ1v) is 14.9. The van der Waals surface area contributed by atoms with Crippen molar-refractivity contribution in [3.05, 3.63) is 53.9 Å². The number of aromatic nitrogens is 6. The lowest BCUT2D eigenvalue weighted by Crippen LogP contribution is -2.28. The zero-order chi connectivity index (χ0) is 29.2. The smallest absolute Gasteiger partial charge is 0.368 e. The Morgan fingerprint density at radius 1 is 1.10 bits per heavy atom. The third-order valence-electron chi connectivity index (χ3n) is 8.48. The molecule has 6 heterocycles. The van der Waals surface area contributed by atoms with Gasteiger partial charge in [-0.2, -0.15) is 13.2 Å². The normalized spacial score (nSPS) is 21.6. The van der Waals surface area contributed by atoms with E-state index in [9.17, 15) is 18.0 Å². The van der Waals surface area contributed by atoms with E-state index >= 15 is 0 Å². The summed E-state index contributed by atoms with van der Waals surface area (Å²) < 4.78 is 43.0. The van der Waals surface area contributed by atoms with Crippen molar-refractivity contribution in [3.63, 3.8) is 0 Å². The fraction of sp³-hybridized carbons (Fsp3) is 0.464. The Hall–Kier alpha value is -3.78. The zero-order valence-corrected chi connectivity index (χ0v) is 23.9. The van der Waals surface area contributed by atoms with Gasteiger partial charge >= 0.3 is 6.18 Å². The van der Waals surface area contributed by atoms with E-state index in [2.05, 4.69) is 42.1 Å². The number of halogens is 3. The highest BCUT2D eigenvalue weighted by molar-refractivity contribution is 7.13. The van der Waals surface area contributed by atoms with Gasteiger partial charge in [-0.3, -0.25) is 4.79 Å². The van der Waals surface area contributed by atoms with E-state index in [4.69, 9.17) is 0 Å². The average Bonchev–Trinajstić information content (AvgIpc) is 3.44. The maximum Gasteiger partial charge on any atom is 0.408 e. The monoisotopic (exact) mass is 597 g/mol. The number of amides is 1. The van der Waals surface area contributed by atoms with Gasteiger partial charge in [0.1, 0.15) is 17.6 Å². The van der Waals surface area contributed by atoms with E-state index in [1.165, 1.54) is 12.4 Å². The molecule has 2 aliphatic heterocycles. The van der Waals surface area contributed by atoms with E-state index in [-0.39, 0.29) is 22.3 Å². The van der Waals surface area contributed by atoms with E-state index in [0.717, 1.165) is 78.9 Å². The Labute approximate surface area is 244 Å². The van der Waals surface area contributed by atoms with Gasteiger partial charge < -0.3 is 24.3 Å². The second kappa shape index (κ2) is 10.2. The number of imidazole rings is 2. The summed E-state index contributed by atoms with van der Waals surface area (Å²) in [5, 5.41) is 4.60. The number of nitrogens with one attached hydrogen (secondary N) is 1. The van der Waals surface area contributed by atoms with E-state index in [1.807, 2.05) is 10.8 Å². The lowest BCUT2D eigenvalue weighted by molar-refractivity contribution is -0.162. The van der Waals surface area contributed by atoms with Crippen LogP contribution < -0.4 is 10.2 Å². The molecule has 4 aromatic rings. The number of hydrogen-bond acceptors (Lipinski definition) is 8. The van der Waals surface area contributed by atoms with Crippen molar-refractivity contribution in [2.45, 2.75) is 37.9 Å². The van der Waals surface area contributed by atoms with Crippen LogP contribution in [0.5, 0.6) is 0 Å². The maximum atomic E-state index is 13.3. The Bertz CT molecular complexity index is 1610. The molecule has 1 N–H and O–H groups in total. The summed E-state index contributed by atoms with van der Waals surface area (Å²) >= 11 is 1.11. The quantitative estimate of drug-likeness (QED) is 0.326. The van der Waals surface area contributed by atoms with Crippen LogP contribution in [0.15, 0.2) is 42.6 Å². The summed E-state index contributed by atoms with van der Waals surface area (Å²) in [4.78, 5) is 35.7. The molecule has 3 atom stereocenters. The Morgan fingerprint density at radius 2 is 1.86 bits per heavy atom. The van der Waals surface area contributed by atoms with Gasteiger partial charge in [0, 0.05) is 56.1 Å². The highest BCUT2D eigenvalue weighted by Gasteiger charge is 2.40. The number of rotatable bonds is 7. The molecule has 1 amide bonds. The molecule has 4 aromatic heterocycles. The summed E-state index contributed by atoms with van der Waals surface area (Å²) in [6.07, 6.45) is 6.03. The number of carbonyl (C=O) groups excluding carboxylic acids is 1. The summed E-state index contributed by atoms with van der Waals surface area (Å²) in [6.45, 7) is 5.08. The minimum atomic E-state index is -4.43. The van der Waals surface area contributed by atoms with Crippen LogP contribution in [0.4, 0.5) is 24.7 Å². The Morgan fingerprint density at radius 3 is 2.57 bits per heavy atom. The summed E-state index contributed by atoms with van der Waals surface area (Å²) in [5.74, 6) is 1.54. The van der Waals surface area contributed by atoms with E-state index < -0.39 is 18.1 Å². The highest BCUT2D eigenvalue weighted by Crippen LogP contribution is 2.40. The molecule has 10 nitrogen and oxygen atoms in total. The number of likely N-dealkylation sites (tertiary alicyclic amines) is 1. The molecule has 2 unspecified atom stereocenters. The molecule has 1 saturated carbocycles. The van der Waals surface area contributed by atoms with Gasteiger partial charge in [0.15, 0.2) is 10.8 Å². The minimum absolute atomic E-state index is 0.0863. The SMILES string of the molecule is C[C@H](n1ccnc1-c1nc(NC(=O)c2cc(-n3cnc(C4CC4)c3)c(N3CC4CN(C)CC4C3)cn2)cs1)C(F)(F)F. The van der Waals surface area contributed by atoms with E-state index in [1.54, 1.807) is 24.0 Å². The molecular formula is C28H30F3N9OS. The molecule has 0 bridgehead atoms. The topological polar surface area (TPSA) is 97.0 Å². The van der Waals surface area contributed by atoms with Gasteiger partial charge in [-0.1, -0.05) is 0 Å². The number of pyridine rings is 1. The standard InChI is InChI=1S/C28H30F3N9OS/c1-16(28(29,30)31)40-6-5-32-25(40)27-36-24(14-42-27)35-26(41)20-7-22(39-13-21(34-15-39)17-3-4-17)23(8-33-20)38-11-18-9-37(2)10-19(18)12-38/h5-8,13-19H,3-4,9-12H2,1-2H3,(H,35,41)/t16-,18?,19?/m0/s1. The van der Waals surface area contributed by atoms with Crippen LogP contribution in [-0.2, 0) is 0 Å². The average molecular weight is 598 g/mol. The molecule has 3 fully saturated rings. The molecule has 220 valence electrons. The van der Waals surface area contributed by atoms with Crippen LogP contribution in [0.3, 0.4) is 0 Å². The largest absolute Gasteiger partial charge is 0.408 e. The highest BCUT2D eigenvalue weighted by atomic mass is 32.1. The predicted octanol–water partition coefficient (Wildman–Crippen LogP) is 4.84. The van der Waals surface area contributed by atoms with Gasteiger partial charge in [-0.05, 0) is 44.7 Å². The molecule has 0 aromatic carbocycles. The van der Waals surface area contributed by atoms with Gasteiger partial charge in [-0.15, -0.1) is 11.3 Å².